The molecule has 0 unspecified atom stereocenters. The van der Waals surface area contributed by atoms with Crippen LogP contribution in [-0.4, -0.2) is 37.4 Å². The zero-order valence-electron chi connectivity index (χ0n) is 8.54. The highest BCUT2D eigenvalue weighted by Crippen LogP contribution is 2.29. The molecule has 0 aliphatic carbocycles. The van der Waals surface area contributed by atoms with E-state index >= 15 is 0 Å². The van der Waals surface area contributed by atoms with Crippen molar-refractivity contribution in [3.05, 3.63) is 11.6 Å². The lowest BCUT2D eigenvalue weighted by molar-refractivity contribution is -0.148. The van der Waals surface area contributed by atoms with Crippen LogP contribution in [0.1, 0.15) is 11.6 Å². The van der Waals surface area contributed by atoms with Crippen molar-refractivity contribution >= 4 is 21.8 Å². The first kappa shape index (κ1) is 12.3. The summed E-state index contributed by atoms with van der Waals surface area (Å²) < 4.78 is 38.6. The molecule has 0 saturated heterocycles. The smallest absolute Gasteiger partial charge is 0.333 e. The lowest BCUT2D eigenvalue weighted by Gasteiger charge is -2.27. The molecular weight excluding hydrogens is 305 g/mol. The van der Waals surface area contributed by atoms with Crippen LogP contribution in [0.2, 0.25) is 0 Å². The maximum atomic E-state index is 12.5. The van der Waals surface area contributed by atoms with E-state index in [0.29, 0.717) is 0 Å². The van der Waals surface area contributed by atoms with Gasteiger partial charge in [0.25, 0.3) is 0 Å². The van der Waals surface area contributed by atoms with Gasteiger partial charge < -0.3 is 9.47 Å². The molecular formula is C8H8BrF3N4O. The van der Waals surface area contributed by atoms with Gasteiger partial charge in [-0.3, -0.25) is 4.79 Å². The van der Waals surface area contributed by atoms with Gasteiger partial charge >= 0.3 is 6.18 Å². The summed E-state index contributed by atoms with van der Waals surface area (Å²) in [6, 6.07) is 0. The zero-order valence-corrected chi connectivity index (χ0v) is 10.1. The van der Waals surface area contributed by atoms with Crippen LogP contribution >= 0.6 is 15.9 Å². The first-order chi connectivity index (χ1) is 7.93. The van der Waals surface area contributed by atoms with Crippen LogP contribution in [0.25, 0.3) is 0 Å². The van der Waals surface area contributed by atoms with Crippen LogP contribution in [0, 0.1) is 0 Å². The van der Waals surface area contributed by atoms with Crippen LogP contribution in [0.5, 0.6) is 0 Å². The summed E-state index contributed by atoms with van der Waals surface area (Å²) in [6.07, 6.45) is -4.51. The molecule has 2 heterocycles. The molecule has 1 aliphatic rings. The van der Waals surface area contributed by atoms with E-state index in [0.717, 1.165) is 4.57 Å². The van der Waals surface area contributed by atoms with Crippen molar-refractivity contribution < 1.29 is 18.0 Å². The molecule has 1 aromatic heterocycles. The summed E-state index contributed by atoms with van der Waals surface area (Å²) in [6.45, 7) is 0.363. The number of hydrogen-bond donors (Lipinski definition) is 0. The van der Waals surface area contributed by atoms with Crippen molar-refractivity contribution in [1.29, 1.82) is 0 Å². The van der Waals surface area contributed by atoms with Gasteiger partial charge in [0.15, 0.2) is 5.82 Å². The molecule has 0 saturated carbocycles. The third-order valence-corrected chi connectivity index (χ3v) is 2.95. The quantitative estimate of drug-likeness (QED) is 0.728. The molecule has 0 bridgehead atoms. The number of carbonyl (C=O) groups is 1. The molecule has 94 valence electrons. The van der Waals surface area contributed by atoms with Crippen molar-refractivity contribution in [2.45, 2.75) is 19.3 Å². The van der Waals surface area contributed by atoms with Crippen molar-refractivity contribution in [2.24, 2.45) is 0 Å². The SMILES string of the molecule is O=C(CBr)N1CCn2c(nnc2C(F)(F)F)C1. The number of hydrogen-bond acceptors (Lipinski definition) is 3. The number of halogens is 4. The molecule has 0 spiro atoms. The number of amides is 1. The van der Waals surface area contributed by atoms with E-state index in [4.69, 9.17) is 0 Å². The number of fused-ring (bicyclic) bond motifs is 1. The van der Waals surface area contributed by atoms with Crippen molar-refractivity contribution in [2.75, 3.05) is 11.9 Å². The van der Waals surface area contributed by atoms with Crippen LogP contribution in [0.3, 0.4) is 0 Å². The molecule has 0 fully saturated rings. The fourth-order valence-electron chi connectivity index (χ4n) is 1.66. The maximum Gasteiger partial charge on any atom is 0.451 e. The molecule has 0 N–H and O–H groups in total. The molecule has 0 atom stereocenters. The Balaban J connectivity index is 2.25. The van der Waals surface area contributed by atoms with Crippen molar-refractivity contribution in [1.82, 2.24) is 19.7 Å². The number of alkyl halides is 4. The molecule has 1 amide bonds. The van der Waals surface area contributed by atoms with Crippen LogP contribution in [-0.2, 0) is 24.1 Å². The normalized spacial score (nSPS) is 15.9. The summed E-state index contributed by atoms with van der Waals surface area (Å²) in [4.78, 5) is 12.8. The third kappa shape index (κ3) is 2.28. The summed E-state index contributed by atoms with van der Waals surface area (Å²) in [5.41, 5.74) is 0. The minimum atomic E-state index is -4.51. The number of aromatic nitrogens is 3. The minimum absolute atomic E-state index is 0.0630. The van der Waals surface area contributed by atoms with E-state index in [-0.39, 0.29) is 36.7 Å². The van der Waals surface area contributed by atoms with Crippen LogP contribution in [0.15, 0.2) is 0 Å². The van der Waals surface area contributed by atoms with Gasteiger partial charge in [-0.15, -0.1) is 10.2 Å². The van der Waals surface area contributed by atoms with Crippen molar-refractivity contribution in [3.8, 4) is 0 Å². The fourth-order valence-corrected chi connectivity index (χ4v) is 2.02. The Bertz CT molecular complexity index is 444. The summed E-state index contributed by atoms with van der Waals surface area (Å²) in [5.74, 6) is -1.01. The first-order valence-electron chi connectivity index (χ1n) is 4.76. The predicted octanol–water partition coefficient (Wildman–Crippen LogP) is 1.03. The lowest BCUT2D eigenvalue weighted by Crippen LogP contribution is -2.39. The number of nitrogens with zero attached hydrogens (tertiary/aromatic N) is 4. The average molecular weight is 313 g/mol. The van der Waals surface area contributed by atoms with Crippen LogP contribution in [0.4, 0.5) is 13.2 Å². The van der Waals surface area contributed by atoms with E-state index in [1.165, 1.54) is 4.90 Å². The molecule has 2 rings (SSSR count). The van der Waals surface area contributed by atoms with E-state index < -0.39 is 12.0 Å². The average Bonchev–Trinajstić information content (AvgIpc) is 2.70. The van der Waals surface area contributed by atoms with Gasteiger partial charge in [-0.2, -0.15) is 13.2 Å². The lowest BCUT2D eigenvalue weighted by atomic mass is 10.3. The molecule has 0 radical (unpaired) electrons. The Morgan fingerprint density at radius 1 is 1.35 bits per heavy atom. The Kier molecular flexibility index (Phi) is 3.11. The molecule has 9 heteroatoms. The second-order valence-electron chi connectivity index (χ2n) is 3.54. The maximum absolute atomic E-state index is 12.5. The Labute approximate surface area is 103 Å². The molecule has 17 heavy (non-hydrogen) atoms. The van der Waals surface area contributed by atoms with E-state index in [1.807, 2.05) is 0 Å². The highest BCUT2D eigenvalue weighted by atomic mass is 79.9. The van der Waals surface area contributed by atoms with Crippen molar-refractivity contribution in [3.63, 3.8) is 0 Å². The highest BCUT2D eigenvalue weighted by Gasteiger charge is 2.39. The molecule has 1 aromatic rings. The van der Waals surface area contributed by atoms with Gasteiger partial charge in [0, 0.05) is 13.1 Å². The number of rotatable bonds is 1. The summed E-state index contributed by atoms with van der Waals surface area (Å²) >= 11 is 3.01. The van der Waals surface area contributed by atoms with Gasteiger partial charge in [0.05, 0.1) is 11.9 Å². The van der Waals surface area contributed by atoms with Gasteiger partial charge in [0.2, 0.25) is 11.7 Å². The minimum Gasteiger partial charge on any atom is -0.333 e. The molecule has 1 aliphatic heterocycles. The fraction of sp³-hybridized carbons (Fsp3) is 0.625. The van der Waals surface area contributed by atoms with E-state index in [1.54, 1.807) is 0 Å². The first-order valence-corrected chi connectivity index (χ1v) is 5.88. The monoisotopic (exact) mass is 312 g/mol. The van der Waals surface area contributed by atoms with E-state index in [9.17, 15) is 18.0 Å². The largest absolute Gasteiger partial charge is 0.451 e. The topological polar surface area (TPSA) is 51.0 Å². The predicted molar refractivity (Wildman–Crippen MR) is 54.2 cm³/mol. The Hall–Kier alpha value is -1.12. The van der Waals surface area contributed by atoms with E-state index in [2.05, 4.69) is 26.1 Å². The van der Waals surface area contributed by atoms with Crippen LogP contribution < -0.4 is 0 Å². The van der Waals surface area contributed by atoms with Gasteiger partial charge in [0.1, 0.15) is 0 Å². The summed E-state index contributed by atoms with van der Waals surface area (Å²) in [7, 11) is 0. The molecule has 5 nitrogen and oxygen atoms in total. The second-order valence-corrected chi connectivity index (χ2v) is 4.10. The van der Waals surface area contributed by atoms with Gasteiger partial charge in [-0.05, 0) is 0 Å². The Morgan fingerprint density at radius 3 is 2.65 bits per heavy atom. The third-order valence-electron chi connectivity index (χ3n) is 2.47. The second kappa shape index (κ2) is 4.28. The van der Waals surface area contributed by atoms with Gasteiger partial charge in [-0.25, -0.2) is 0 Å². The Morgan fingerprint density at radius 2 is 2.06 bits per heavy atom. The number of carbonyl (C=O) groups excluding carboxylic acids is 1. The van der Waals surface area contributed by atoms with Gasteiger partial charge in [-0.1, -0.05) is 15.9 Å². The summed E-state index contributed by atoms with van der Waals surface area (Å²) in [5, 5.41) is 6.75. The molecule has 0 aromatic carbocycles. The standard InChI is InChI=1S/C8H8BrF3N4O/c9-3-6(17)15-1-2-16-5(4-15)13-14-7(16)8(10,11)12/h1-4H2. The highest BCUT2D eigenvalue weighted by molar-refractivity contribution is 9.09. The zero-order chi connectivity index (χ0) is 12.6.